The number of fused-ring (bicyclic) bond motifs is 1. The molecule has 0 aliphatic carbocycles. The lowest BCUT2D eigenvalue weighted by Crippen LogP contribution is -2.38. The second-order valence-electron chi connectivity index (χ2n) is 6.38. The van der Waals surface area contributed by atoms with Crippen molar-refractivity contribution in [2.75, 3.05) is 6.54 Å². The molecule has 2 N–H and O–H groups in total. The maximum absolute atomic E-state index is 6.05. The molecule has 4 nitrogen and oxygen atoms in total. The van der Waals surface area contributed by atoms with E-state index in [4.69, 9.17) is 10.7 Å². The quantitative estimate of drug-likeness (QED) is 0.888. The molecule has 0 amide bonds. The second-order valence-corrected chi connectivity index (χ2v) is 6.38. The maximum Gasteiger partial charge on any atom is 0.109 e. The zero-order valence-electron chi connectivity index (χ0n) is 12.2. The maximum atomic E-state index is 6.05. The van der Waals surface area contributed by atoms with Crippen molar-refractivity contribution < 1.29 is 0 Å². The Hall–Kier alpha value is -0.870. The number of rotatable bonds is 2. The summed E-state index contributed by atoms with van der Waals surface area (Å²) in [5.74, 6) is 1.24. The van der Waals surface area contributed by atoms with Gasteiger partial charge in [-0.3, -0.25) is 4.90 Å². The van der Waals surface area contributed by atoms with E-state index < -0.39 is 0 Å². The van der Waals surface area contributed by atoms with Crippen LogP contribution < -0.4 is 5.73 Å². The van der Waals surface area contributed by atoms with Crippen LogP contribution in [0.2, 0.25) is 0 Å². The Morgan fingerprint density at radius 2 is 2.16 bits per heavy atom. The summed E-state index contributed by atoms with van der Waals surface area (Å²) in [4.78, 5) is 7.52. The lowest BCUT2D eigenvalue weighted by Gasteiger charge is -2.37. The van der Waals surface area contributed by atoms with Gasteiger partial charge in [-0.05, 0) is 39.7 Å². The third-order valence-electron chi connectivity index (χ3n) is 4.60. The molecular formula is C15H26N4. The number of hydrogen-bond donors (Lipinski definition) is 1. The summed E-state index contributed by atoms with van der Waals surface area (Å²) in [5, 5.41) is 0. The minimum Gasteiger partial charge on any atom is -0.333 e. The first kappa shape index (κ1) is 13.1. The van der Waals surface area contributed by atoms with E-state index in [9.17, 15) is 0 Å². The van der Waals surface area contributed by atoms with E-state index in [1.807, 2.05) is 0 Å². The number of nitrogens with two attached hydrogens (primary N) is 1. The summed E-state index contributed by atoms with van der Waals surface area (Å²) in [6, 6.07) is 1.43. The Bertz CT molecular complexity index is 437. The number of piperidine rings is 1. The average Bonchev–Trinajstić information content (AvgIpc) is 2.81. The molecule has 0 aromatic carbocycles. The molecule has 2 atom stereocenters. The van der Waals surface area contributed by atoms with Gasteiger partial charge < -0.3 is 10.3 Å². The normalized spacial score (nSPS) is 28.6. The van der Waals surface area contributed by atoms with Crippen LogP contribution in [0.1, 0.15) is 57.1 Å². The third kappa shape index (κ3) is 2.56. The zero-order valence-corrected chi connectivity index (χ0v) is 12.2. The Morgan fingerprint density at radius 3 is 2.95 bits per heavy atom. The Kier molecular flexibility index (Phi) is 3.63. The van der Waals surface area contributed by atoms with Gasteiger partial charge in [0, 0.05) is 31.2 Å². The van der Waals surface area contributed by atoms with E-state index in [1.54, 1.807) is 0 Å². The summed E-state index contributed by atoms with van der Waals surface area (Å²) in [7, 11) is 0. The lowest BCUT2D eigenvalue weighted by atomic mass is 9.98. The molecule has 0 spiro atoms. The minimum atomic E-state index is 0.308. The molecule has 0 bridgehead atoms. The Morgan fingerprint density at radius 1 is 1.32 bits per heavy atom. The first-order valence-corrected chi connectivity index (χ1v) is 7.72. The fourth-order valence-corrected chi connectivity index (χ4v) is 3.54. The molecule has 3 rings (SSSR count). The van der Waals surface area contributed by atoms with Crippen LogP contribution in [0, 0.1) is 0 Å². The number of nitrogens with zero attached hydrogens (tertiary/aromatic N) is 3. The Balaban J connectivity index is 1.84. The van der Waals surface area contributed by atoms with Crippen molar-refractivity contribution in [1.82, 2.24) is 14.5 Å². The summed E-state index contributed by atoms with van der Waals surface area (Å²) in [6.07, 6.45) is 8.29. The minimum absolute atomic E-state index is 0.308. The van der Waals surface area contributed by atoms with Crippen molar-refractivity contribution in [2.45, 2.75) is 70.6 Å². The van der Waals surface area contributed by atoms with Crippen molar-refractivity contribution in [3.63, 3.8) is 0 Å². The number of aromatic nitrogens is 2. The van der Waals surface area contributed by atoms with Crippen LogP contribution in [0.5, 0.6) is 0 Å². The molecule has 1 saturated heterocycles. The van der Waals surface area contributed by atoms with E-state index in [-0.39, 0.29) is 0 Å². The van der Waals surface area contributed by atoms with Gasteiger partial charge in [-0.25, -0.2) is 4.98 Å². The molecule has 2 aliphatic heterocycles. The summed E-state index contributed by atoms with van der Waals surface area (Å²) in [5.41, 5.74) is 7.33. The highest BCUT2D eigenvalue weighted by molar-refractivity contribution is 5.12. The largest absolute Gasteiger partial charge is 0.333 e. The van der Waals surface area contributed by atoms with Gasteiger partial charge in [0.15, 0.2) is 0 Å². The predicted molar refractivity (Wildman–Crippen MR) is 77.0 cm³/mol. The van der Waals surface area contributed by atoms with Gasteiger partial charge in [-0.2, -0.15) is 0 Å². The van der Waals surface area contributed by atoms with Gasteiger partial charge >= 0.3 is 0 Å². The van der Waals surface area contributed by atoms with Crippen LogP contribution >= 0.6 is 0 Å². The van der Waals surface area contributed by atoms with E-state index in [0.717, 1.165) is 19.4 Å². The average molecular weight is 262 g/mol. The van der Waals surface area contributed by atoms with Crippen molar-refractivity contribution in [3.8, 4) is 0 Å². The number of imidazole rings is 1. The van der Waals surface area contributed by atoms with Crippen molar-refractivity contribution >= 4 is 0 Å². The molecule has 0 radical (unpaired) electrons. The topological polar surface area (TPSA) is 47.1 Å². The first-order valence-electron chi connectivity index (χ1n) is 7.72. The Labute approximate surface area is 116 Å². The predicted octanol–water partition coefficient (Wildman–Crippen LogP) is 2.09. The second kappa shape index (κ2) is 5.25. The molecule has 2 unspecified atom stereocenters. The van der Waals surface area contributed by atoms with Crippen molar-refractivity contribution in [2.24, 2.45) is 5.73 Å². The van der Waals surface area contributed by atoms with Crippen molar-refractivity contribution in [1.29, 1.82) is 0 Å². The number of aryl methyl sites for hydroxylation is 1. The van der Waals surface area contributed by atoms with E-state index >= 15 is 0 Å². The van der Waals surface area contributed by atoms with Gasteiger partial charge in [0.05, 0.1) is 11.7 Å². The zero-order chi connectivity index (χ0) is 13.4. The smallest absolute Gasteiger partial charge is 0.109 e. The van der Waals surface area contributed by atoms with Crippen LogP contribution in [0.3, 0.4) is 0 Å². The fraction of sp³-hybridized carbons (Fsp3) is 0.800. The van der Waals surface area contributed by atoms with E-state index in [1.165, 1.54) is 37.3 Å². The van der Waals surface area contributed by atoms with Crippen LogP contribution in [0.4, 0.5) is 0 Å². The highest BCUT2D eigenvalue weighted by Gasteiger charge is 2.29. The van der Waals surface area contributed by atoms with Gasteiger partial charge in [0.2, 0.25) is 0 Å². The highest BCUT2D eigenvalue weighted by Crippen LogP contribution is 2.32. The molecule has 1 aromatic rings. The van der Waals surface area contributed by atoms with Gasteiger partial charge in [0.25, 0.3) is 0 Å². The molecule has 1 fully saturated rings. The van der Waals surface area contributed by atoms with Crippen LogP contribution in [-0.4, -0.2) is 33.1 Å². The molecule has 3 heterocycles. The third-order valence-corrected chi connectivity index (χ3v) is 4.60. The SMILES string of the molecule is CC(C)N1CCCCC1c1cn2c(n1)CCC(N)C2. The molecule has 2 aliphatic rings. The summed E-state index contributed by atoms with van der Waals surface area (Å²) < 4.78 is 2.29. The number of hydrogen-bond acceptors (Lipinski definition) is 3. The lowest BCUT2D eigenvalue weighted by molar-refractivity contribution is 0.109. The summed E-state index contributed by atoms with van der Waals surface area (Å²) >= 11 is 0. The van der Waals surface area contributed by atoms with Crippen LogP contribution in [0.15, 0.2) is 6.20 Å². The van der Waals surface area contributed by atoms with Gasteiger partial charge in [0.1, 0.15) is 5.82 Å². The molecule has 1 aromatic heterocycles. The molecule has 4 heteroatoms. The molecule has 0 saturated carbocycles. The van der Waals surface area contributed by atoms with Crippen molar-refractivity contribution in [3.05, 3.63) is 17.7 Å². The highest BCUT2D eigenvalue weighted by atomic mass is 15.2. The van der Waals surface area contributed by atoms with Crippen LogP contribution in [-0.2, 0) is 13.0 Å². The number of likely N-dealkylation sites (tertiary alicyclic amines) is 1. The molecule has 106 valence electrons. The van der Waals surface area contributed by atoms with E-state index in [0.29, 0.717) is 18.1 Å². The van der Waals surface area contributed by atoms with Gasteiger partial charge in [-0.1, -0.05) is 6.42 Å². The van der Waals surface area contributed by atoms with Gasteiger partial charge in [-0.15, -0.1) is 0 Å². The fourth-order valence-electron chi connectivity index (χ4n) is 3.54. The standard InChI is InChI=1S/C15H26N4/c1-11(2)19-8-4-3-5-14(19)13-10-18-9-12(16)6-7-15(18)17-13/h10-12,14H,3-9,16H2,1-2H3. The molecular weight excluding hydrogens is 236 g/mol. The molecule has 19 heavy (non-hydrogen) atoms. The first-order chi connectivity index (χ1) is 9.15. The monoisotopic (exact) mass is 262 g/mol. The van der Waals surface area contributed by atoms with Crippen LogP contribution in [0.25, 0.3) is 0 Å². The van der Waals surface area contributed by atoms with E-state index in [2.05, 4.69) is 29.5 Å². The summed E-state index contributed by atoms with van der Waals surface area (Å²) in [6.45, 7) is 6.75.